The first-order valence-corrected chi connectivity index (χ1v) is 19.3. The standard InChI is InChI=1S/C36H52N4O8S/c1-5-25-22-36(25,34(44)39-49(45,46)27-15-16-27)38-32(42)30-20-26-23-40(30)33(43)28(35(2,3)4)21-31(41)48-18-9-7-6-8-14-29-24(12-10-17-37-29)13-11-19-47-26/h5,10,12,17,25-28,30H,1,6-9,11,13-16,18-23H2,2-4H3,(H,38,42)(H,39,44)/t25-,26-,28-,30+,36-/m1/s1. The Morgan fingerprint density at radius 2 is 1.84 bits per heavy atom. The summed E-state index contributed by atoms with van der Waals surface area (Å²) in [6.07, 6.45) is 10.1. The van der Waals surface area contributed by atoms with Gasteiger partial charge in [-0.05, 0) is 68.4 Å². The average Bonchev–Trinajstić information content (AvgIpc) is 3.97. The van der Waals surface area contributed by atoms with Crippen LogP contribution in [0.1, 0.15) is 96.2 Å². The maximum atomic E-state index is 14.3. The number of hydrogen-bond donors (Lipinski definition) is 2. The van der Waals surface area contributed by atoms with Crippen molar-refractivity contribution in [1.82, 2.24) is 19.9 Å². The molecule has 0 aromatic carbocycles. The molecular weight excluding hydrogens is 648 g/mol. The van der Waals surface area contributed by atoms with E-state index in [4.69, 9.17) is 9.47 Å². The van der Waals surface area contributed by atoms with Crippen molar-refractivity contribution in [3.05, 3.63) is 42.2 Å². The summed E-state index contributed by atoms with van der Waals surface area (Å²) in [6.45, 7) is 10.2. The van der Waals surface area contributed by atoms with Gasteiger partial charge in [0.2, 0.25) is 21.8 Å². The van der Waals surface area contributed by atoms with Gasteiger partial charge in [0, 0.05) is 37.4 Å². The highest BCUT2D eigenvalue weighted by atomic mass is 32.2. The zero-order valence-electron chi connectivity index (χ0n) is 29.1. The number of ether oxygens (including phenoxy) is 2. The maximum absolute atomic E-state index is 14.3. The maximum Gasteiger partial charge on any atom is 0.306 e. The molecule has 3 heterocycles. The van der Waals surface area contributed by atoms with Crippen molar-refractivity contribution in [3.63, 3.8) is 0 Å². The molecule has 2 aliphatic carbocycles. The third-order valence-corrected chi connectivity index (χ3v) is 12.1. The van der Waals surface area contributed by atoms with Crippen LogP contribution in [0.3, 0.4) is 0 Å². The molecule has 13 heteroatoms. The van der Waals surface area contributed by atoms with Crippen LogP contribution >= 0.6 is 0 Å². The van der Waals surface area contributed by atoms with Gasteiger partial charge in [0.05, 0.1) is 30.3 Å². The van der Waals surface area contributed by atoms with Crippen LogP contribution in [0.4, 0.5) is 0 Å². The van der Waals surface area contributed by atoms with Crippen LogP contribution in [0.5, 0.6) is 0 Å². The van der Waals surface area contributed by atoms with Crippen molar-refractivity contribution >= 4 is 33.7 Å². The minimum absolute atomic E-state index is 0.134. The number of aryl methyl sites for hydroxylation is 2. The fourth-order valence-corrected chi connectivity index (χ4v) is 8.35. The van der Waals surface area contributed by atoms with E-state index in [0.29, 0.717) is 19.4 Å². The number of nitrogens with one attached hydrogen (secondary N) is 2. The van der Waals surface area contributed by atoms with Crippen molar-refractivity contribution in [1.29, 1.82) is 0 Å². The second kappa shape index (κ2) is 15.3. The van der Waals surface area contributed by atoms with E-state index in [0.717, 1.165) is 50.6 Å². The Balaban J connectivity index is 1.36. The molecule has 3 amide bonds. The highest BCUT2D eigenvalue weighted by Gasteiger charge is 2.62. The SMILES string of the molecule is C=C[C@@H]1C[C@]1(NC(=O)[C@@H]1C[C@@H]2CN1C(=O)[C@H](C(C)(C)C)CC(=O)OCCCCCCc1ncccc1CCCO2)C(=O)NS(=O)(=O)C1CC1. The van der Waals surface area contributed by atoms with Crippen LogP contribution < -0.4 is 10.0 Å². The van der Waals surface area contributed by atoms with Gasteiger partial charge in [-0.25, -0.2) is 8.42 Å². The number of fused-ring (bicyclic) bond motifs is 3. The number of nitrogens with zero attached hydrogens (tertiary/aromatic N) is 2. The Bertz CT molecular complexity index is 1520. The zero-order valence-corrected chi connectivity index (χ0v) is 29.9. The normalized spacial score (nSPS) is 29.2. The van der Waals surface area contributed by atoms with Gasteiger partial charge >= 0.3 is 5.97 Å². The number of esters is 1. The lowest BCUT2D eigenvalue weighted by atomic mass is 9.77. The molecule has 2 aliphatic heterocycles. The Morgan fingerprint density at radius 1 is 1.08 bits per heavy atom. The summed E-state index contributed by atoms with van der Waals surface area (Å²) in [5.41, 5.74) is 0.146. The molecule has 5 atom stereocenters. The predicted molar refractivity (Wildman–Crippen MR) is 182 cm³/mol. The third kappa shape index (κ3) is 9.08. The highest BCUT2D eigenvalue weighted by Crippen LogP contribution is 2.45. The van der Waals surface area contributed by atoms with E-state index in [1.807, 2.05) is 33.0 Å². The lowest BCUT2D eigenvalue weighted by molar-refractivity contribution is -0.153. The van der Waals surface area contributed by atoms with Crippen molar-refractivity contribution < 1.29 is 37.1 Å². The smallest absolute Gasteiger partial charge is 0.306 e. The lowest BCUT2D eigenvalue weighted by Gasteiger charge is -2.35. The summed E-state index contributed by atoms with van der Waals surface area (Å²) in [7, 11) is -3.85. The fourth-order valence-electron chi connectivity index (χ4n) is 6.99. The summed E-state index contributed by atoms with van der Waals surface area (Å²) in [5.74, 6) is -3.43. The van der Waals surface area contributed by atoms with Gasteiger partial charge in [-0.2, -0.15) is 0 Å². The second-order valence-electron chi connectivity index (χ2n) is 15.1. The molecule has 4 aliphatic rings. The number of hydrogen-bond acceptors (Lipinski definition) is 9. The quantitative estimate of drug-likeness (QED) is 0.335. The molecule has 270 valence electrons. The Morgan fingerprint density at radius 3 is 2.53 bits per heavy atom. The fraction of sp³-hybridized carbons (Fsp3) is 0.694. The Labute approximate surface area is 290 Å². The molecule has 2 N–H and O–H groups in total. The van der Waals surface area contributed by atoms with Crippen LogP contribution in [-0.4, -0.2) is 84.7 Å². The summed E-state index contributed by atoms with van der Waals surface area (Å²) < 4.78 is 39.2. The number of amides is 3. The second-order valence-corrected chi connectivity index (χ2v) is 17.1. The average molecular weight is 701 g/mol. The molecular formula is C36H52N4O8S. The van der Waals surface area contributed by atoms with Gasteiger partial charge in [-0.15, -0.1) is 6.58 Å². The first kappa shape index (κ1) is 36.9. The van der Waals surface area contributed by atoms with E-state index < -0.39 is 68.0 Å². The third-order valence-electron chi connectivity index (χ3n) is 10.3. The van der Waals surface area contributed by atoms with Gasteiger partial charge in [0.15, 0.2) is 0 Å². The van der Waals surface area contributed by atoms with Crippen molar-refractivity contribution in [3.8, 4) is 0 Å². The molecule has 2 saturated carbocycles. The van der Waals surface area contributed by atoms with Crippen molar-refractivity contribution in [2.75, 3.05) is 19.8 Å². The molecule has 49 heavy (non-hydrogen) atoms. The van der Waals surface area contributed by atoms with Gasteiger partial charge < -0.3 is 19.7 Å². The zero-order chi connectivity index (χ0) is 35.4. The van der Waals surface area contributed by atoms with Gasteiger partial charge in [0.25, 0.3) is 5.91 Å². The minimum Gasteiger partial charge on any atom is -0.466 e. The summed E-state index contributed by atoms with van der Waals surface area (Å²) in [5, 5.41) is 2.22. The van der Waals surface area contributed by atoms with Crippen LogP contribution in [0.25, 0.3) is 0 Å². The summed E-state index contributed by atoms with van der Waals surface area (Å²) in [4.78, 5) is 60.9. The number of aromatic nitrogens is 1. The van der Waals surface area contributed by atoms with E-state index in [2.05, 4.69) is 27.7 Å². The van der Waals surface area contributed by atoms with E-state index >= 15 is 0 Å². The minimum atomic E-state index is -3.85. The van der Waals surface area contributed by atoms with Crippen LogP contribution in [-0.2, 0) is 51.5 Å². The molecule has 2 bridgehead atoms. The largest absolute Gasteiger partial charge is 0.466 e. The number of pyridine rings is 1. The number of carbonyl (C=O) groups excluding carboxylic acids is 4. The van der Waals surface area contributed by atoms with Gasteiger partial charge in [-0.3, -0.25) is 28.9 Å². The van der Waals surface area contributed by atoms with Gasteiger partial charge in [0.1, 0.15) is 11.6 Å². The molecule has 1 saturated heterocycles. The highest BCUT2D eigenvalue weighted by molar-refractivity contribution is 7.91. The van der Waals surface area contributed by atoms with Gasteiger partial charge in [-0.1, -0.05) is 45.8 Å². The molecule has 1 aromatic heterocycles. The molecule has 0 radical (unpaired) electrons. The van der Waals surface area contributed by atoms with E-state index in [1.165, 1.54) is 16.5 Å². The van der Waals surface area contributed by atoms with Crippen LogP contribution in [0, 0.1) is 17.3 Å². The topological polar surface area (TPSA) is 161 Å². The Kier molecular flexibility index (Phi) is 11.5. The van der Waals surface area contributed by atoms with E-state index in [9.17, 15) is 27.6 Å². The van der Waals surface area contributed by atoms with Crippen LogP contribution in [0.2, 0.25) is 0 Å². The molecule has 1 aromatic rings. The number of sulfonamides is 1. The first-order valence-electron chi connectivity index (χ1n) is 17.8. The summed E-state index contributed by atoms with van der Waals surface area (Å²) >= 11 is 0. The lowest BCUT2D eigenvalue weighted by Crippen LogP contribution is -2.57. The van der Waals surface area contributed by atoms with Crippen molar-refractivity contribution in [2.24, 2.45) is 17.3 Å². The monoisotopic (exact) mass is 700 g/mol. The Hall–Kier alpha value is -3.32. The number of carbonyl (C=O) groups is 4. The molecule has 12 nitrogen and oxygen atoms in total. The molecule has 3 fully saturated rings. The molecule has 0 unspecified atom stereocenters. The first-order chi connectivity index (χ1) is 23.2. The van der Waals surface area contributed by atoms with Crippen LogP contribution in [0.15, 0.2) is 31.0 Å². The summed E-state index contributed by atoms with van der Waals surface area (Å²) in [6, 6.07) is 3.04. The van der Waals surface area contributed by atoms with E-state index in [-0.39, 0.29) is 38.3 Å². The predicted octanol–water partition coefficient (Wildman–Crippen LogP) is 3.38. The van der Waals surface area contributed by atoms with E-state index in [1.54, 1.807) is 0 Å². The molecule has 5 rings (SSSR count). The number of rotatable bonds is 6. The molecule has 0 spiro atoms. The van der Waals surface area contributed by atoms with Crippen molar-refractivity contribution in [2.45, 2.75) is 121 Å². The number of cyclic esters (lactones) is 1.